The molecule has 2 fully saturated rings. The fourth-order valence-electron chi connectivity index (χ4n) is 3.76. The second kappa shape index (κ2) is 7.78. The van der Waals surface area contributed by atoms with Crippen molar-refractivity contribution in [2.75, 3.05) is 26.2 Å². The molecular formula is C19H30N4O3. The average Bonchev–Trinajstić information content (AvgIpc) is 3.39. The molecule has 1 aliphatic carbocycles. The van der Waals surface area contributed by atoms with Crippen LogP contribution in [0.3, 0.4) is 0 Å². The van der Waals surface area contributed by atoms with Crippen molar-refractivity contribution in [3.05, 3.63) is 32.6 Å². The fraction of sp³-hybridized carbons (Fsp3) is 0.737. The van der Waals surface area contributed by atoms with Gasteiger partial charge in [-0.3, -0.25) is 24.0 Å². The summed E-state index contributed by atoms with van der Waals surface area (Å²) in [6, 6.07) is 0.357. The predicted molar refractivity (Wildman–Crippen MR) is 100 cm³/mol. The lowest BCUT2D eigenvalue weighted by Crippen LogP contribution is -2.47. The van der Waals surface area contributed by atoms with Gasteiger partial charge >= 0.3 is 5.69 Å². The molecule has 0 spiro atoms. The van der Waals surface area contributed by atoms with Crippen molar-refractivity contribution in [3.63, 3.8) is 0 Å². The molecule has 7 heteroatoms. The number of nitrogens with one attached hydrogen (secondary N) is 1. The number of aromatic amines is 1. The van der Waals surface area contributed by atoms with Crippen LogP contribution in [-0.4, -0.2) is 57.5 Å². The average molecular weight is 362 g/mol. The zero-order valence-corrected chi connectivity index (χ0v) is 16.0. The maximum absolute atomic E-state index is 12.8. The minimum atomic E-state index is -0.528. The van der Waals surface area contributed by atoms with Crippen LogP contribution in [0.5, 0.6) is 0 Å². The summed E-state index contributed by atoms with van der Waals surface area (Å²) < 4.78 is 1.30. The first-order valence-corrected chi connectivity index (χ1v) is 9.67. The van der Waals surface area contributed by atoms with Gasteiger partial charge in [-0.05, 0) is 38.0 Å². The summed E-state index contributed by atoms with van der Waals surface area (Å²) in [5.41, 5.74) is -0.493. The fourth-order valence-corrected chi connectivity index (χ4v) is 3.76. The van der Waals surface area contributed by atoms with E-state index < -0.39 is 11.2 Å². The highest BCUT2D eigenvalue weighted by Gasteiger charge is 2.33. The van der Waals surface area contributed by atoms with E-state index in [9.17, 15) is 14.4 Å². The highest BCUT2D eigenvalue weighted by atomic mass is 16.2. The molecule has 2 heterocycles. The topological polar surface area (TPSA) is 78.4 Å². The Morgan fingerprint density at radius 2 is 2.00 bits per heavy atom. The first kappa shape index (κ1) is 18.9. The molecule has 0 bridgehead atoms. The van der Waals surface area contributed by atoms with Crippen molar-refractivity contribution in [2.45, 2.75) is 52.6 Å². The third-order valence-electron chi connectivity index (χ3n) is 5.56. The van der Waals surface area contributed by atoms with Gasteiger partial charge in [-0.1, -0.05) is 13.8 Å². The monoisotopic (exact) mass is 362 g/mol. The minimum Gasteiger partial charge on any atom is -0.340 e. The van der Waals surface area contributed by atoms with Crippen molar-refractivity contribution in [1.29, 1.82) is 0 Å². The van der Waals surface area contributed by atoms with Crippen LogP contribution in [0.25, 0.3) is 0 Å². The second-order valence-corrected chi connectivity index (χ2v) is 8.14. The third kappa shape index (κ3) is 4.44. The second-order valence-electron chi connectivity index (χ2n) is 8.14. The lowest BCUT2D eigenvalue weighted by atomic mass is 10.0. The van der Waals surface area contributed by atoms with Gasteiger partial charge < -0.3 is 4.90 Å². The van der Waals surface area contributed by atoms with Crippen LogP contribution < -0.4 is 11.2 Å². The summed E-state index contributed by atoms with van der Waals surface area (Å²) in [5, 5.41) is 0. The zero-order chi connectivity index (χ0) is 18.8. The molecule has 0 aromatic carbocycles. The summed E-state index contributed by atoms with van der Waals surface area (Å²) >= 11 is 0. The molecule has 1 aromatic rings. The number of carbonyl (C=O) groups excluding carboxylic acids is 1. The highest BCUT2D eigenvalue weighted by molar-refractivity contribution is 5.76. The van der Waals surface area contributed by atoms with E-state index in [4.69, 9.17) is 0 Å². The van der Waals surface area contributed by atoms with Crippen molar-refractivity contribution < 1.29 is 4.79 Å². The smallest absolute Gasteiger partial charge is 0.328 e. The normalized spacial score (nSPS) is 21.8. The van der Waals surface area contributed by atoms with E-state index in [2.05, 4.69) is 23.7 Å². The number of nitrogens with zero attached hydrogens (tertiary/aromatic N) is 3. The number of hydrogen-bond donors (Lipinski definition) is 1. The SMILES string of the molecule is Cc1cn(CC(=O)N2CCCN(CC3CC3)C(C(C)C)C2)c(=O)[nH]c1=O. The Balaban J connectivity index is 1.71. The van der Waals surface area contributed by atoms with Gasteiger partial charge in [0.2, 0.25) is 5.91 Å². The van der Waals surface area contributed by atoms with Crippen molar-refractivity contribution >= 4 is 5.91 Å². The standard InChI is InChI=1S/C19H30N4O3/c1-13(2)16-11-22(8-4-7-21(16)10-15-5-6-15)17(24)12-23-9-14(3)18(25)20-19(23)26/h9,13,15-16H,4-8,10-12H2,1-3H3,(H,20,25,26). The molecule has 2 aliphatic rings. The Morgan fingerprint density at radius 3 is 2.65 bits per heavy atom. The summed E-state index contributed by atoms with van der Waals surface area (Å²) in [6.45, 7) is 9.65. The summed E-state index contributed by atoms with van der Waals surface area (Å²) in [7, 11) is 0. The number of carbonyl (C=O) groups is 1. The number of hydrogen-bond acceptors (Lipinski definition) is 4. The first-order chi connectivity index (χ1) is 12.3. The number of aromatic nitrogens is 2. The lowest BCUT2D eigenvalue weighted by Gasteiger charge is -2.34. The van der Waals surface area contributed by atoms with E-state index in [0.717, 1.165) is 32.0 Å². The molecule has 1 atom stereocenters. The van der Waals surface area contributed by atoms with Gasteiger partial charge in [0.1, 0.15) is 6.54 Å². The Morgan fingerprint density at radius 1 is 1.27 bits per heavy atom. The van der Waals surface area contributed by atoms with Gasteiger partial charge in [0.25, 0.3) is 5.56 Å². The van der Waals surface area contributed by atoms with Gasteiger partial charge in [-0.2, -0.15) is 0 Å². The molecule has 1 N–H and O–H groups in total. The molecule has 1 saturated carbocycles. The van der Waals surface area contributed by atoms with Crippen LogP contribution >= 0.6 is 0 Å². The van der Waals surface area contributed by atoms with Crippen LogP contribution in [0.4, 0.5) is 0 Å². The Bertz CT molecular complexity index is 763. The maximum atomic E-state index is 12.8. The Hall–Kier alpha value is -1.89. The van der Waals surface area contributed by atoms with E-state index in [0.29, 0.717) is 24.1 Å². The van der Waals surface area contributed by atoms with Crippen molar-refractivity contribution in [1.82, 2.24) is 19.4 Å². The molecule has 3 rings (SSSR count). The molecule has 1 saturated heterocycles. The Labute approximate surface area is 154 Å². The quantitative estimate of drug-likeness (QED) is 0.841. The number of aryl methyl sites for hydroxylation is 1. The number of H-pyrrole nitrogens is 1. The van der Waals surface area contributed by atoms with Crippen LogP contribution in [0.15, 0.2) is 15.8 Å². The molecule has 1 aromatic heterocycles. The molecule has 0 radical (unpaired) electrons. The van der Waals surface area contributed by atoms with E-state index in [1.54, 1.807) is 6.92 Å². The van der Waals surface area contributed by atoms with Crippen LogP contribution in [0.2, 0.25) is 0 Å². The minimum absolute atomic E-state index is 0.0239. The molecule has 1 amide bonds. The first-order valence-electron chi connectivity index (χ1n) is 9.67. The molecule has 7 nitrogen and oxygen atoms in total. The molecule has 26 heavy (non-hydrogen) atoms. The summed E-state index contributed by atoms with van der Waals surface area (Å²) in [5.74, 6) is 1.25. The molecule has 144 valence electrons. The lowest BCUT2D eigenvalue weighted by molar-refractivity contribution is -0.132. The van der Waals surface area contributed by atoms with E-state index in [-0.39, 0.29) is 12.5 Å². The molecular weight excluding hydrogens is 332 g/mol. The Kier molecular flexibility index (Phi) is 5.65. The van der Waals surface area contributed by atoms with Crippen LogP contribution in [0, 0.1) is 18.8 Å². The highest BCUT2D eigenvalue weighted by Crippen LogP contribution is 2.31. The van der Waals surface area contributed by atoms with E-state index in [1.165, 1.54) is 23.6 Å². The zero-order valence-electron chi connectivity index (χ0n) is 16.0. The van der Waals surface area contributed by atoms with Gasteiger partial charge in [0, 0.05) is 44.0 Å². The van der Waals surface area contributed by atoms with Crippen LogP contribution in [-0.2, 0) is 11.3 Å². The number of rotatable bonds is 5. The van der Waals surface area contributed by atoms with Crippen LogP contribution in [0.1, 0.15) is 38.7 Å². The third-order valence-corrected chi connectivity index (χ3v) is 5.56. The van der Waals surface area contributed by atoms with Gasteiger partial charge in [0.15, 0.2) is 0 Å². The van der Waals surface area contributed by atoms with E-state index in [1.807, 2.05) is 4.90 Å². The van der Waals surface area contributed by atoms with Crippen molar-refractivity contribution in [2.24, 2.45) is 11.8 Å². The maximum Gasteiger partial charge on any atom is 0.328 e. The van der Waals surface area contributed by atoms with Gasteiger partial charge in [0.05, 0.1) is 0 Å². The number of amides is 1. The largest absolute Gasteiger partial charge is 0.340 e. The summed E-state index contributed by atoms with van der Waals surface area (Å²) in [6.07, 6.45) is 5.09. The summed E-state index contributed by atoms with van der Waals surface area (Å²) in [4.78, 5) is 43.0. The van der Waals surface area contributed by atoms with E-state index >= 15 is 0 Å². The van der Waals surface area contributed by atoms with Gasteiger partial charge in [-0.25, -0.2) is 4.79 Å². The predicted octanol–water partition coefficient (Wildman–Crippen LogP) is 0.814. The van der Waals surface area contributed by atoms with Crippen molar-refractivity contribution in [3.8, 4) is 0 Å². The molecule has 1 unspecified atom stereocenters. The molecule has 1 aliphatic heterocycles. The van der Waals surface area contributed by atoms with Gasteiger partial charge in [-0.15, -0.1) is 0 Å².